The van der Waals surface area contributed by atoms with Gasteiger partial charge in [0.15, 0.2) is 0 Å². The van der Waals surface area contributed by atoms with Crippen LogP contribution in [0.25, 0.3) is 11.3 Å². The number of nitrogens with two attached hydrogens (primary N) is 1. The highest BCUT2D eigenvalue weighted by Gasteiger charge is 2.15. The maximum atomic E-state index is 5.83. The van der Waals surface area contributed by atoms with Crippen LogP contribution in [-0.4, -0.2) is 10.1 Å². The Morgan fingerprint density at radius 3 is 2.83 bits per heavy atom. The molecule has 2 heterocycles. The van der Waals surface area contributed by atoms with Crippen LogP contribution in [0.15, 0.2) is 28.9 Å². The molecule has 0 radical (unpaired) electrons. The number of rotatable bonds is 6. The van der Waals surface area contributed by atoms with Crippen molar-refractivity contribution < 1.29 is 4.52 Å². The summed E-state index contributed by atoms with van der Waals surface area (Å²) >= 11 is 0. The fraction of sp³-hybridized carbons (Fsp3) is 0.429. The standard InChI is InChI=1S/C14H19N3O/c1-2-3-4-5-9-12-13(14(15)18-17-12)11-8-6-7-10-16-11/h6-8,10H,2-5,9,15H2,1H3. The number of nitrogens with zero attached hydrogens (tertiary/aromatic N) is 2. The Labute approximate surface area is 107 Å². The molecule has 0 saturated heterocycles. The molecular weight excluding hydrogens is 226 g/mol. The van der Waals surface area contributed by atoms with Crippen LogP contribution >= 0.6 is 0 Å². The minimum Gasteiger partial charge on any atom is -0.367 e. The first-order valence-corrected chi connectivity index (χ1v) is 6.48. The fourth-order valence-corrected chi connectivity index (χ4v) is 2.01. The second-order valence-corrected chi connectivity index (χ2v) is 4.39. The average Bonchev–Trinajstić information content (AvgIpc) is 2.77. The lowest BCUT2D eigenvalue weighted by Crippen LogP contribution is -1.93. The van der Waals surface area contributed by atoms with Crippen LogP contribution in [0.3, 0.4) is 0 Å². The summed E-state index contributed by atoms with van der Waals surface area (Å²) in [7, 11) is 0. The summed E-state index contributed by atoms with van der Waals surface area (Å²) in [4.78, 5) is 4.31. The van der Waals surface area contributed by atoms with E-state index in [0.29, 0.717) is 5.88 Å². The smallest absolute Gasteiger partial charge is 0.231 e. The monoisotopic (exact) mass is 245 g/mol. The number of hydrogen-bond donors (Lipinski definition) is 1. The number of unbranched alkanes of at least 4 members (excludes halogenated alkanes) is 3. The lowest BCUT2D eigenvalue weighted by atomic mass is 10.1. The SMILES string of the molecule is CCCCCCc1noc(N)c1-c1ccccn1. The van der Waals surface area contributed by atoms with Crippen LogP contribution < -0.4 is 5.73 Å². The van der Waals surface area contributed by atoms with Gasteiger partial charge >= 0.3 is 0 Å². The van der Waals surface area contributed by atoms with Crippen molar-refractivity contribution in [2.75, 3.05) is 5.73 Å². The zero-order chi connectivity index (χ0) is 12.8. The predicted molar refractivity (Wildman–Crippen MR) is 72.0 cm³/mol. The van der Waals surface area contributed by atoms with Gasteiger partial charge in [0.1, 0.15) is 0 Å². The molecule has 0 saturated carbocycles. The molecule has 0 atom stereocenters. The molecule has 2 rings (SSSR count). The van der Waals surface area contributed by atoms with Crippen LogP contribution in [-0.2, 0) is 6.42 Å². The number of aromatic nitrogens is 2. The first-order valence-electron chi connectivity index (χ1n) is 6.48. The molecule has 0 amide bonds. The number of pyridine rings is 1. The molecule has 0 aromatic carbocycles. The van der Waals surface area contributed by atoms with Crippen molar-refractivity contribution in [2.45, 2.75) is 39.0 Å². The van der Waals surface area contributed by atoms with E-state index in [4.69, 9.17) is 10.3 Å². The maximum absolute atomic E-state index is 5.83. The third-order valence-electron chi connectivity index (χ3n) is 2.98. The molecule has 0 spiro atoms. The van der Waals surface area contributed by atoms with Gasteiger partial charge in [-0.15, -0.1) is 0 Å². The van der Waals surface area contributed by atoms with Crippen LogP contribution in [0.1, 0.15) is 38.3 Å². The average molecular weight is 245 g/mol. The number of hydrogen-bond acceptors (Lipinski definition) is 4. The van der Waals surface area contributed by atoms with E-state index in [2.05, 4.69) is 17.1 Å². The molecule has 0 unspecified atom stereocenters. The number of aryl methyl sites for hydroxylation is 1. The molecule has 2 N–H and O–H groups in total. The van der Waals surface area contributed by atoms with Crippen molar-refractivity contribution in [3.8, 4) is 11.3 Å². The van der Waals surface area contributed by atoms with Gasteiger partial charge in [-0.1, -0.05) is 37.4 Å². The Morgan fingerprint density at radius 1 is 1.22 bits per heavy atom. The topological polar surface area (TPSA) is 64.9 Å². The summed E-state index contributed by atoms with van der Waals surface area (Å²) in [5.41, 5.74) is 8.44. The van der Waals surface area contributed by atoms with Gasteiger partial charge in [-0.25, -0.2) is 0 Å². The first-order chi connectivity index (χ1) is 8.83. The van der Waals surface area contributed by atoms with Crippen molar-refractivity contribution in [1.82, 2.24) is 10.1 Å². The fourth-order valence-electron chi connectivity index (χ4n) is 2.01. The zero-order valence-corrected chi connectivity index (χ0v) is 10.7. The molecule has 4 nitrogen and oxygen atoms in total. The van der Waals surface area contributed by atoms with Crippen molar-refractivity contribution in [1.29, 1.82) is 0 Å². The van der Waals surface area contributed by atoms with E-state index in [-0.39, 0.29) is 0 Å². The summed E-state index contributed by atoms with van der Waals surface area (Å²) < 4.78 is 5.09. The molecule has 0 aliphatic carbocycles. The summed E-state index contributed by atoms with van der Waals surface area (Å²) in [6.07, 6.45) is 7.46. The highest BCUT2D eigenvalue weighted by molar-refractivity contribution is 5.71. The molecule has 4 heteroatoms. The van der Waals surface area contributed by atoms with Gasteiger partial charge < -0.3 is 10.3 Å². The first kappa shape index (κ1) is 12.6. The molecule has 0 aliphatic rings. The Balaban J connectivity index is 2.12. The van der Waals surface area contributed by atoms with E-state index in [1.807, 2.05) is 18.2 Å². The molecule has 18 heavy (non-hydrogen) atoms. The van der Waals surface area contributed by atoms with Crippen molar-refractivity contribution in [3.05, 3.63) is 30.1 Å². The van der Waals surface area contributed by atoms with Crippen molar-refractivity contribution in [3.63, 3.8) is 0 Å². The van der Waals surface area contributed by atoms with Gasteiger partial charge in [0.05, 0.1) is 17.0 Å². The lowest BCUT2D eigenvalue weighted by molar-refractivity contribution is 0.426. The van der Waals surface area contributed by atoms with E-state index in [1.54, 1.807) is 6.20 Å². The summed E-state index contributed by atoms with van der Waals surface area (Å²) in [5, 5.41) is 4.05. The highest BCUT2D eigenvalue weighted by atomic mass is 16.5. The predicted octanol–water partition coefficient (Wildman–Crippen LogP) is 3.44. The second-order valence-electron chi connectivity index (χ2n) is 4.39. The molecule has 2 aromatic heterocycles. The summed E-state index contributed by atoms with van der Waals surface area (Å²) in [5.74, 6) is 0.360. The zero-order valence-electron chi connectivity index (χ0n) is 10.7. The second kappa shape index (κ2) is 6.19. The van der Waals surface area contributed by atoms with Crippen LogP contribution in [0.4, 0.5) is 5.88 Å². The summed E-state index contributed by atoms with van der Waals surface area (Å²) in [6.45, 7) is 2.20. The van der Waals surface area contributed by atoms with E-state index in [1.165, 1.54) is 19.3 Å². The Bertz CT molecular complexity index is 479. The lowest BCUT2D eigenvalue weighted by Gasteiger charge is -2.01. The van der Waals surface area contributed by atoms with Gasteiger partial charge in [0, 0.05) is 6.20 Å². The van der Waals surface area contributed by atoms with Crippen LogP contribution in [0, 0.1) is 0 Å². The van der Waals surface area contributed by atoms with E-state index in [9.17, 15) is 0 Å². The van der Waals surface area contributed by atoms with Gasteiger partial charge in [-0.05, 0) is 25.0 Å². The minimum atomic E-state index is 0.360. The number of anilines is 1. The molecule has 2 aromatic rings. The van der Waals surface area contributed by atoms with Crippen LogP contribution in [0.5, 0.6) is 0 Å². The Morgan fingerprint density at radius 2 is 2.11 bits per heavy atom. The number of nitrogen functional groups attached to an aromatic ring is 1. The molecule has 96 valence electrons. The molecular formula is C14H19N3O. The van der Waals surface area contributed by atoms with Gasteiger partial charge in [0.2, 0.25) is 5.88 Å². The van der Waals surface area contributed by atoms with Gasteiger partial charge in [-0.3, -0.25) is 4.98 Å². The van der Waals surface area contributed by atoms with Crippen LogP contribution in [0.2, 0.25) is 0 Å². The molecule has 0 fully saturated rings. The van der Waals surface area contributed by atoms with Crippen molar-refractivity contribution in [2.24, 2.45) is 0 Å². The largest absolute Gasteiger partial charge is 0.367 e. The Hall–Kier alpha value is -1.84. The summed E-state index contributed by atoms with van der Waals surface area (Å²) in [6, 6.07) is 5.75. The highest BCUT2D eigenvalue weighted by Crippen LogP contribution is 2.28. The van der Waals surface area contributed by atoms with E-state index in [0.717, 1.165) is 29.8 Å². The Kier molecular flexibility index (Phi) is 4.34. The third kappa shape index (κ3) is 2.88. The van der Waals surface area contributed by atoms with Gasteiger partial charge in [0.25, 0.3) is 0 Å². The van der Waals surface area contributed by atoms with E-state index < -0.39 is 0 Å². The quantitative estimate of drug-likeness (QED) is 0.792. The third-order valence-corrected chi connectivity index (χ3v) is 2.98. The van der Waals surface area contributed by atoms with Crippen molar-refractivity contribution >= 4 is 5.88 Å². The molecule has 0 aliphatic heterocycles. The normalized spacial score (nSPS) is 10.7. The molecule has 0 bridgehead atoms. The van der Waals surface area contributed by atoms with Gasteiger partial charge in [-0.2, -0.15) is 0 Å². The maximum Gasteiger partial charge on any atom is 0.231 e. The van der Waals surface area contributed by atoms with E-state index >= 15 is 0 Å². The minimum absolute atomic E-state index is 0.360.